The second-order valence-electron chi connectivity index (χ2n) is 9.20. The van der Waals surface area contributed by atoms with E-state index in [2.05, 4.69) is 73.1 Å². The van der Waals surface area contributed by atoms with E-state index in [1.807, 2.05) is 48.5 Å². The highest BCUT2D eigenvalue weighted by molar-refractivity contribution is 9.10. The van der Waals surface area contributed by atoms with Gasteiger partial charge in [-0.15, -0.1) is 0 Å². The molecular weight excluding hydrogens is 562 g/mol. The van der Waals surface area contributed by atoms with Gasteiger partial charge in [-0.1, -0.05) is 22.0 Å². The van der Waals surface area contributed by atoms with E-state index in [0.717, 1.165) is 38.5 Å². The van der Waals surface area contributed by atoms with Gasteiger partial charge in [0.25, 0.3) is 0 Å². The van der Waals surface area contributed by atoms with E-state index in [1.54, 1.807) is 13.3 Å². The normalized spacial score (nSPS) is 16.9. The van der Waals surface area contributed by atoms with Crippen LogP contribution in [0.1, 0.15) is 41.7 Å². The summed E-state index contributed by atoms with van der Waals surface area (Å²) in [7, 11) is 1.58. The van der Waals surface area contributed by atoms with Crippen LogP contribution >= 0.6 is 28.1 Å². The number of pyridine rings is 1. The van der Waals surface area contributed by atoms with Crippen molar-refractivity contribution in [1.82, 2.24) is 14.9 Å². The lowest BCUT2D eigenvalue weighted by molar-refractivity contribution is -0.114. The van der Waals surface area contributed by atoms with Crippen LogP contribution in [0.5, 0.6) is 5.75 Å². The Balaban J connectivity index is 1.67. The minimum absolute atomic E-state index is 0.177. The molecule has 3 heterocycles. The van der Waals surface area contributed by atoms with Crippen molar-refractivity contribution in [2.75, 3.05) is 17.3 Å². The van der Waals surface area contributed by atoms with Crippen LogP contribution in [-0.4, -0.2) is 27.7 Å². The molecule has 7 nitrogen and oxygen atoms in total. The summed E-state index contributed by atoms with van der Waals surface area (Å²) in [6.45, 7) is 5.73. The Labute approximate surface area is 236 Å². The van der Waals surface area contributed by atoms with Crippen molar-refractivity contribution in [2.24, 2.45) is 0 Å². The van der Waals surface area contributed by atoms with Crippen molar-refractivity contribution in [3.05, 3.63) is 100 Å². The molecule has 2 N–H and O–H groups in total. The molecule has 0 aliphatic carbocycles. The average molecular weight is 591 g/mol. The molecule has 1 aliphatic rings. The predicted molar refractivity (Wildman–Crippen MR) is 158 cm³/mol. The average Bonchev–Trinajstić information content (AvgIpc) is 3.39. The Kier molecular flexibility index (Phi) is 7.23. The Bertz CT molecular complexity index is 1500. The molecule has 2 aromatic heterocycles. The summed E-state index contributed by atoms with van der Waals surface area (Å²) >= 11 is 9.45. The van der Waals surface area contributed by atoms with Crippen molar-refractivity contribution >= 4 is 50.5 Å². The van der Waals surface area contributed by atoms with Gasteiger partial charge in [-0.2, -0.15) is 0 Å². The number of hydrogen-bond donors (Lipinski definition) is 2. The van der Waals surface area contributed by atoms with Crippen molar-refractivity contribution < 1.29 is 9.53 Å². The van der Waals surface area contributed by atoms with E-state index in [0.29, 0.717) is 16.5 Å². The van der Waals surface area contributed by atoms with Crippen molar-refractivity contribution in [2.45, 2.75) is 32.9 Å². The second kappa shape index (κ2) is 10.6. The first kappa shape index (κ1) is 25.9. The number of amides is 1. The molecule has 0 bridgehead atoms. The fourth-order valence-electron chi connectivity index (χ4n) is 5.16. The van der Waals surface area contributed by atoms with Gasteiger partial charge in [0.15, 0.2) is 5.11 Å². The zero-order valence-corrected chi connectivity index (χ0v) is 23.9. The first-order valence-corrected chi connectivity index (χ1v) is 13.4. The van der Waals surface area contributed by atoms with Crippen molar-refractivity contribution in [1.29, 1.82) is 0 Å². The summed E-state index contributed by atoms with van der Waals surface area (Å²) in [5, 5.41) is 6.98. The van der Waals surface area contributed by atoms with E-state index in [-0.39, 0.29) is 18.0 Å². The zero-order chi connectivity index (χ0) is 27.0. The Morgan fingerprint density at radius 3 is 2.47 bits per heavy atom. The summed E-state index contributed by atoms with van der Waals surface area (Å²) < 4.78 is 8.78. The van der Waals surface area contributed by atoms with E-state index < -0.39 is 0 Å². The molecule has 4 aromatic rings. The molecule has 1 fully saturated rings. The number of halogens is 1. The molecule has 0 unspecified atom stereocenters. The summed E-state index contributed by atoms with van der Waals surface area (Å²) in [6, 6.07) is 21.8. The van der Waals surface area contributed by atoms with Gasteiger partial charge >= 0.3 is 0 Å². The first-order chi connectivity index (χ1) is 18.3. The highest BCUT2D eigenvalue weighted by atomic mass is 79.9. The highest BCUT2D eigenvalue weighted by Gasteiger charge is 2.42. The van der Waals surface area contributed by atoms with Crippen LogP contribution in [0.2, 0.25) is 0 Å². The summed E-state index contributed by atoms with van der Waals surface area (Å²) in [4.78, 5) is 18.7. The maximum Gasteiger partial charge on any atom is 0.221 e. The maximum absolute atomic E-state index is 11.9. The number of methoxy groups -OCH3 is 1. The summed E-state index contributed by atoms with van der Waals surface area (Å²) in [6.07, 6.45) is 1.80. The lowest BCUT2D eigenvalue weighted by atomic mass is 9.96. The molecule has 9 heteroatoms. The second-order valence-corrected chi connectivity index (χ2v) is 10.5. The largest absolute Gasteiger partial charge is 0.495 e. The van der Waals surface area contributed by atoms with Crippen LogP contribution in [0.4, 0.5) is 11.4 Å². The van der Waals surface area contributed by atoms with Gasteiger partial charge in [0, 0.05) is 40.4 Å². The minimum atomic E-state index is -0.189. The van der Waals surface area contributed by atoms with Crippen LogP contribution in [0, 0.1) is 13.8 Å². The van der Waals surface area contributed by atoms with Crippen LogP contribution in [0.15, 0.2) is 77.4 Å². The minimum Gasteiger partial charge on any atom is -0.495 e. The zero-order valence-electron chi connectivity index (χ0n) is 21.5. The standard InChI is InChI=1S/C29H28BrN5O2S/c1-17-15-23(18(2)34(17)21-10-8-20(30)9-11-21)28-27(24-7-5-6-14-31-24)33-29(38)35(28)22-12-13-26(37-4)25(16-22)32-19(3)36/h5-16,27-28H,1-4H3,(H,32,36)(H,33,38)/t27-,28+/m1/s1. The summed E-state index contributed by atoms with van der Waals surface area (Å²) in [5.41, 5.74) is 6.76. The number of thiocarbonyl (C=S) groups is 1. The first-order valence-electron chi connectivity index (χ1n) is 12.2. The quantitative estimate of drug-likeness (QED) is 0.254. The number of aromatic nitrogens is 2. The third kappa shape index (κ3) is 4.79. The van der Waals surface area contributed by atoms with Gasteiger partial charge in [0.2, 0.25) is 5.91 Å². The van der Waals surface area contributed by atoms with Gasteiger partial charge < -0.3 is 24.8 Å². The molecular formula is C29H28BrN5O2S. The highest BCUT2D eigenvalue weighted by Crippen LogP contribution is 2.45. The molecule has 1 saturated heterocycles. The summed E-state index contributed by atoms with van der Waals surface area (Å²) in [5.74, 6) is 0.400. The number of benzene rings is 2. The van der Waals surface area contributed by atoms with Gasteiger partial charge in [-0.3, -0.25) is 9.78 Å². The lowest BCUT2D eigenvalue weighted by Crippen LogP contribution is -2.29. The van der Waals surface area contributed by atoms with E-state index in [1.165, 1.54) is 6.92 Å². The smallest absolute Gasteiger partial charge is 0.221 e. The van der Waals surface area contributed by atoms with E-state index in [4.69, 9.17) is 17.0 Å². The van der Waals surface area contributed by atoms with Gasteiger partial charge in [-0.25, -0.2) is 0 Å². The fourth-order valence-corrected chi connectivity index (χ4v) is 5.77. The van der Waals surface area contributed by atoms with E-state index >= 15 is 0 Å². The number of aryl methyl sites for hydroxylation is 1. The molecule has 0 saturated carbocycles. The Morgan fingerprint density at radius 1 is 1.08 bits per heavy atom. The monoisotopic (exact) mass is 589 g/mol. The van der Waals surface area contributed by atoms with Gasteiger partial charge in [0.1, 0.15) is 5.75 Å². The van der Waals surface area contributed by atoms with Crippen LogP contribution < -0.4 is 20.3 Å². The predicted octanol–water partition coefficient (Wildman–Crippen LogP) is 6.40. The molecule has 1 aliphatic heterocycles. The number of nitrogens with one attached hydrogen (secondary N) is 2. The van der Waals surface area contributed by atoms with Crippen LogP contribution in [0.25, 0.3) is 5.69 Å². The van der Waals surface area contributed by atoms with Gasteiger partial charge in [-0.05, 0) is 92.3 Å². The Hall–Kier alpha value is -3.69. The molecule has 194 valence electrons. The molecule has 38 heavy (non-hydrogen) atoms. The number of carbonyl (C=O) groups excluding carboxylic acids is 1. The molecule has 2 atom stereocenters. The third-order valence-electron chi connectivity index (χ3n) is 6.74. The maximum atomic E-state index is 11.9. The lowest BCUT2D eigenvalue weighted by Gasteiger charge is -2.29. The number of carbonyl (C=O) groups is 1. The van der Waals surface area contributed by atoms with Crippen LogP contribution in [-0.2, 0) is 4.79 Å². The Morgan fingerprint density at radius 2 is 1.82 bits per heavy atom. The number of anilines is 2. The third-order valence-corrected chi connectivity index (χ3v) is 7.59. The van der Waals surface area contributed by atoms with E-state index in [9.17, 15) is 4.79 Å². The number of ether oxygens (including phenoxy) is 1. The fraction of sp³-hybridized carbons (Fsp3) is 0.207. The number of rotatable bonds is 6. The molecule has 0 radical (unpaired) electrons. The molecule has 1 amide bonds. The van der Waals surface area contributed by atoms with Crippen LogP contribution in [0.3, 0.4) is 0 Å². The molecule has 5 rings (SSSR count). The number of hydrogen-bond acceptors (Lipinski definition) is 4. The van der Waals surface area contributed by atoms with Crippen molar-refractivity contribution in [3.63, 3.8) is 0 Å². The number of nitrogens with zero attached hydrogens (tertiary/aromatic N) is 3. The van der Waals surface area contributed by atoms with Gasteiger partial charge in [0.05, 0.1) is 30.6 Å². The van der Waals surface area contributed by atoms with Crippen molar-refractivity contribution in [3.8, 4) is 11.4 Å². The SMILES string of the molecule is COc1ccc(N2C(=S)N[C@H](c3ccccn3)[C@@H]2c2cc(C)n(-c3ccc(Br)cc3)c2C)cc1NC(C)=O. The topological polar surface area (TPSA) is 71.4 Å². The molecule has 0 spiro atoms. The molecule has 2 aromatic carbocycles.